The van der Waals surface area contributed by atoms with Gasteiger partial charge in [0.1, 0.15) is 11.8 Å². The van der Waals surface area contributed by atoms with Crippen LogP contribution >= 0.6 is 15.9 Å². The molecule has 1 aliphatic heterocycles. The third kappa shape index (κ3) is 3.22. The summed E-state index contributed by atoms with van der Waals surface area (Å²) >= 11 is 3.24. The lowest BCUT2D eigenvalue weighted by Gasteiger charge is -2.31. The topological polar surface area (TPSA) is 83.9 Å². The minimum absolute atomic E-state index is 0.0586. The predicted molar refractivity (Wildman–Crippen MR) is 79.9 cm³/mol. The van der Waals surface area contributed by atoms with E-state index in [0.717, 1.165) is 10.7 Å². The van der Waals surface area contributed by atoms with Crippen LogP contribution in [-0.2, 0) is 14.8 Å². The molecule has 1 aromatic rings. The molecule has 1 aliphatic rings. The Morgan fingerprint density at radius 3 is 2.71 bits per heavy atom. The number of carbonyl (C=O) groups is 1. The Morgan fingerprint density at radius 2 is 2.14 bits per heavy atom. The van der Waals surface area contributed by atoms with Crippen molar-refractivity contribution < 1.29 is 23.1 Å². The summed E-state index contributed by atoms with van der Waals surface area (Å²) in [6.45, 7) is 0.225. The van der Waals surface area contributed by atoms with Gasteiger partial charge in [-0.25, -0.2) is 8.42 Å². The molecule has 0 amide bonds. The number of carboxylic acid groups (broad SMARTS) is 1. The molecule has 116 valence electrons. The summed E-state index contributed by atoms with van der Waals surface area (Å²) in [4.78, 5) is 11.3. The molecule has 1 aromatic carbocycles. The number of methoxy groups -OCH3 is 1. The van der Waals surface area contributed by atoms with E-state index >= 15 is 0 Å². The molecule has 0 unspecified atom stereocenters. The van der Waals surface area contributed by atoms with Gasteiger partial charge in [-0.2, -0.15) is 4.31 Å². The molecule has 0 radical (unpaired) electrons. The van der Waals surface area contributed by atoms with E-state index in [-0.39, 0.29) is 11.4 Å². The summed E-state index contributed by atoms with van der Waals surface area (Å²) in [6.07, 6.45) is 1.72. The van der Waals surface area contributed by atoms with Gasteiger partial charge in [0, 0.05) is 6.54 Å². The number of benzene rings is 1. The molecule has 2 rings (SSSR count). The fourth-order valence-electron chi connectivity index (χ4n) is 2.38. The highest BCUT2D eigenvalue weighted by Gasteiger charge is 2.37. The second kappa shape index (κ2) is 6.33. The highest BCUT2D eigenvalue weighted by molar-refractivity contribution is 9.10. The fraction of sp³-hybridized carbons (Fsp3) is 0.462. The molecule has 0 spiro atoms. The Balaban J connectivity index is 2.40. The number of aliphatic carboxylic acids is 1. The van der Waals surface area contributed by atoms with E-state index < -0.39 is 22.0 Å². The first-order valence-corrected chi connectivity index (χ1v) is 8.69. The first kappa shape index (κ1) is 16.3. The standard InChI is InChI=1S/C13H16BrNO5S/c1-20-12-6-5-9(8-10(12)14)21(18,19)15-7-3-2-4-11(15)13(16)17/h5-6,8,11H,2-4,7H2,1H3,(H,16,17)/t11-/m1/s1. The Kier molecular flexibility index (Phi) is 4.90. The normalized spacial score (nSPS) is 20.2. The van der Waals surface area contributed by atoms with Crippen LogP contribution in [0.25, 0.3) is 0 Å². The summed E-state index contributed by atoms with van der Waals surface area (Å²) in [5, 5.41) is 9.22. The molecule has 0 bridgehead atoms. The third-order valence-corrected chi connectivity index (χ3v) is 5.99. The molecule has 0 saturated carbocycles. The van der Waals surface area contributed by atoms with Crippen molar-refractivity contribution in [2.45, 2.75) is 30.2 Å². The summed E-state index contributed by atoms with van der Waals surface area (Å²) in [7, 11) is -2.35. The minimum atomic E-state index is -3.84. The van der Waals surface area contributed by atoms with Gasteiger partial charge in [-0.1, -0.05) is 0 Å². The number of sulfonamides is 1. The number of piperidine rings is 1. The van der Waals surface area contributed by atoms with Crippen molar-refractivity contribution in [2.75, 3.05) is 13.7 Å². The predicted octanol–water partition coefficient (Wildman–Crippen LogP) is 2.09. The lowest BCUT2D eigenvalue weighted by Crippen LogP contribution is -2.47. The van der Waals surface area contributed by atoms with Crippen molar-refractivity contribution in [1.29, 1.82) is 0 Å². The molecular formula is C13H16BrNO5S. The molecular weight excluding hydrogens is 362 g/mol. The molecule has 1 atom stereocenters. The van der Waals surface area contributed by atoms with Crippen molar-refractivity contribution in [2.24, 2.45) is 0 Å². The number of hydrogen-bond donors (Lipinski definition) is 1. The van der Waals surface area contributed by atoms with Crippen LogP contribution in [-0.4, -0.2) is 43.5 Å². The number of hydrogen-bond acceptors (Lipinski definition) is 4. The van der Waals surface area contributed by atoms with E-state index in [2.05, 4.69) is 15.9 Å². The maximum atomic E-state index is 12.7. The second-order valence-corrected chi connectivity index (χ2v) is 7.51. The third-order valence-electron chi connectivity index (χ3n) is 3.47. The van der Waals surface area contributed by atoms with E-state index in [9.17, 15) is 18.3 Å². The Hall–Kier alpha value is -1.12. The van der Waals surface area contributed by atoms with Crippen LogP contribution in [0.4, 0.5) is 0 Å². The van der Waals surface area contributed by atoms with Gasteiger partial charge in [0.25, 0.3) is 0 Å². The first-order valence-electron chi connectivity index (χ1n) is 6.46. The molecule has 21 heavy (non-hydrogen) atoms. The van der Waals surface area contributed by atoms with Gasteiger partial charge in [0.05, 0.1) is 16.5 Å². The van der Waals surface area contributed by atoms with Gasteiger partial charge in [-0.15, -0.1) is 0 Å². The van der Waals surface area contributed by atoms with Gasteiger partial charge in [-0.05, 0) is 53.4 Å². The van der Waals surface area contributed by atoms with Crippen LogP contribution in [0.3, 0.4) is 0 Å². The van der Waals surface area contributed by atoms with E-state index in [1.54, 1.807) is 0 Å². The number of halogens is 1. The van der Waals surface area contributed by atoms with Crippen LogP contribution in [0.5, 0.6) is 5.75 Å². The quantitative estimate of drug-likeness (QED) is 0.868. The SMILES string of the molecule is COc1ccc(S(=O)(=O)N2CCCC[C@@H]2C(=O)O)cc1Br. The number of nitrogens with zero attached hydrogens (tertiary/aromatic N) is 1. The largest absolute Gasteiger partial charge is 0.496 e. The zero-order valence-electron chi connectivity index (χ0n) is 11.5. The monoisotopic (exact) mass is 377 g/mol. The van der Waals surface area contributed by atoms with Crippen molar-refractivity contribution in [3.8, 4) is 5.75 Å². The number of ether oxygens (including phenoxy) is 1. The maximum Gasteiger partial charge on any atom is 0.322 e. The minimum Gasteiger partial charge on any atom is -0.496 e. The molecule has 0 aromatic heterocycles. The Bertz CT molecular complexity index is 646. The van der Waals surface area contributed by atoms with Crippen molar-refractivity contribution in [1.82, 2.24) is 4.31 Å². The van der Waals surface area contributed by atoms with Crippen LogP contribution in [0.15, 0.2) is 27.6 Å². The summed E-state index contributed by atoms with van der Waals surface area (Å²) in [6, 6.07) is 3.40. The zero-order chi connectivity index (χ0) is 15.6. The van der Waals surface area contributed by atoms with E-state index in [4.69, 9.17) is 4.74 Å². The lowest BCUT2D eigenvalue weighted by atomic mass is 10.1. The molecule has 0 aliphatic carbocycles. The summed E-state index contributed by atoms with van der Waals surface area (Å²) in [5.74, 6) is -0.590. The Morgan fingerprint density at radius 1 is 1.43 bits per heavy atom. The summed E-state index contributed by atoms with van der Waals surface area (Å²) in [5.41, 5.74) is 0. The van der Waals surface area contributed by atoms with Gasteiger partial charge in [0.2, 0.25) is 10.0 Å². The zero-order valence-corrected chi connectivity index (χ0v) is 13.9. The fourth-order valence-corrected chi connectivity index (χ4v) is 4.75. The van der Waals surface area contributed by atoms with E-state index in [0.29, 0.717) is 23.1 Å². The molecule has 1 N–H and O–H groups in total. The van der Waals surface area contributed by atoms with Crippen molar-refractivity contribution in [3.63, 3.8) is 0 Å². The first-order chi connectivity index (χ1) is 9.87. The molecule has 1 saturated heterocycles. The average molecular weight is 378 g/mol. The molecule has 8 heteroatoms. The molecule has 6 nitrogen and oxygen atoms in total. The average Bonchev–Trinajstić information content (AvgIpc) is 2.47. The highest BCUT2D eigenvalue weighted by Crippen LogP contribution is 2.31. The Labute approximate surface area is 131 Å². The second-order valence-electron chi connectivity index (χ2n) is 4.76. The van der Waals surface area contributed by atoms with Crippen LogP contribution in [0.2, 0.25) is 0 Å². The molecule has 1 heterocycles. The van der Waals surface area contributed by atoms with Crippen LogP contribution in [0.1, 0.15) is 19.3 Å². The van der Waals surface area contributed by atoms with Crippen LogP contribution in [0, 0.1) is 0 Å². The van der Waals surface area contributed by atoms with Gasteiger partial charge >= 0.3 is 5.97 Å². The maximum absolute atomic E-state index is 12.7. The van der Waals surface area contributed by atoms with Crippen molar-refractivity contribution >= 4 is 31.9 Å². The van der Waals surface area contributed by atoms with Gasteiger partial charge in [0.15, 0.2) is 0 Å². The number of rotatable bonds is 4. The van der Waals surface area contributed by atoms with Crippen LogP contribution < -0.4 is 4.74 Å². The lowest BCUT2D eigenvalue weighted by molar-refractivity contribution is -0.142. The van der Waals surface area contributed by atoms with Gasteiger partial charge in [-0.3, -0.25) is 4.79 Å². The van der Waals surface area contributed by atoms with Crippen molar-refractivity contribution in [3.05, 3.63) is 22.7 Å². The highest BCUT2D eigenvalue weighted by atomic mass is 79.9. The summed E-state index contributed by atoms with van der Waals surface area (Å²) < 4.78 is 32.0. The smallest absolute Gasteiger partial charge is 0.322 e. The number of carboxylic acids is 1. The molecule has 1 fully saturated rings. The van der Waals surface area contributed by atoms with E-state index in [1.807, 2.05) is 0 Å². The van der Waals surface area contributed by atoms with Gasteiger partial charge < -0.3 is 9.84 Å². The van der Waals surface area contributed by atoms with E-state index in [1.165, 1.54) is 25.3 Å².